The molecule has 0 heterocycles. The monoisotopic (exact) mass is 171 g/mol. The van der Waals surface area contributed by atoms with Gasteiger partial charge in [-0.3, -0.25) is 0 Å². The number of rotatable bonds is 2. The zero-order chi connectivity index (χ0) is 9.19. The molecule has 0 aliphatic heterocycles. The van der Waals surface area contributed by atoms with Gasteiger partial charge in [0.25, 0.3) is 0 Å². The minimum atomic E-state index is -0.245. The molecule has 0 aromatic carbocycles. The molecule has 3 unspecified atom stereocenters. The van der Waals surface area contributed by atoms with Gasteiger partial charge in [0.05, 0.1) is 6.10 Å². The molecule has 12 heavy (non-hydrogen) atoms. The van der Waals surface area contributed by atoms with Crippen LogP contribution in [0.4, 0.5) is 0 Å². The minimum absolute atomic E-state index is 0.0255. The van der Waals surface area contributed by atoms with E-state index in [4.69, 9.17) is 5.73 Å². The summed E-state index contributed by atoms with van der Waals surface area (Å²) in [5.41, 5.74) is 5.77. The Balaban J connectivity index is 2.64. The van der Waals surface area contributed by atoms with Crippen molar-refractivity contribution in [3.63, 3.8) is 0 Å². The quantitative estimate of drug-likeness (QED) is 0.661. The van der Waals surface area contributed by atoms with E-state index in [-0.39, 0.29) is 11.5 Å². The van der Waals surface area contributed by atoms with Crippen molar-refractivity contribution in [3.05, 3.63) is 0 Å². The summed E-state index contributed by atoms with van der Waals surface area (Å²) in [5, 5.41) is 9.67. The van der Waals surface area contributed by atoms with Crippen molar-refractivity contribution in [2.75, 3.05) is 6.54 Å². The van der Waals surface area contributed by atoms with Gasteiger partial charge in [0.15, 0.2) is 0 Å². The molecule has 2 heteroatoms. The average molecular weight is 171 g/mol. The molecule has 72 valence electrons. The zero-order valence-electron chi connectivity index (χ0n) is 8.21. The molecular weight excluding hydrogens is 150 g/mol. The number of aliphatic hydroxyl groups is 1. The third-order valence-electron chi connectivity index (χ3n) is 3.42. The van der Waals surface area contributed by atoms with Crippen LogP contribution in [0.5, 0.6) is 0 Å². The van der Waals surface area contributed by atoms with E-state index in [0.29, 0.717) is 6.54 Å². The average Bonchev–Trinajstić information content (AvgIpc) is 2.04. The first kappa shape index (κ1) is 10.0. The number of hydrogen-bond donors (Lipinski definition) is 2. The normalized spacial score (nSPS) is 39.5. The predicted octanol–water partition coefficient (Wildman–Crippen LogP) is 1.52. The van der Waals surface area contributed by atoms with E-state index in [1.807, 2.05) is 6.92 Å². The van der Waals surface area contributed by atoms with Crippen LogP contribution in [0.25, 0.3) is 0 Å². The van der Waals surface area contributed by atoms with Crippen LogP contribution in [0.1, 0.15) is 39.5 Å². The SMILES string of the molecule is CC1CCCC(CN)(C(C)O)C1. The molecule has 3 N–H and O–H groups in total. The van der Waals surface area contributed by atoms with Gasteiger partial charge in [-0.15, -0.1) is 0 Å². The molecule has 0 amide bonds. The Morgan fingerprint density at radius 1 is 1.67 bits per heavy atom. The maximum atomic E-state index is 9.67. The van der Waals surface area contributed by atoms with E-state index < -0.39 is 0 Å². The summed E-state index contributed by atoms with van der Waals surface area (Å²) in [6, 6.07) is 0. The Hall–Kier alpha value is -0.0800. The third kappa shape index (κ3) is 1.80. The van der Waals surface area contributed by atoms with E-state index in [0.717, 1.165) is 18.8 Å². The molecular formula is C10H21NO. The fourth-order valence-electron chi connectivity index (χ4n) is 2.44. The van der Waals surface area contributed by atoms with Crippen molar-refractivity contribution in [1.82, 2.24) is 0 Å². The Morgan fingerprint density at radius 3 is 2.67 bits per heavy atom. The first-order chi connectivity index (χ1) is 5.60. The summed E-state index contributed by atoms with van der Waals surface area (Å²) in [6.07, 6.45) is 4.48. The molecule has 0 aromatic rings. The second kappa shape index (κ2) is 3.75. The highest BCUT2D eigenvalue weighted by atomic mass is 16.3. The maximum absolute atomic E-state index is 9.67. The van der Waals surface area contributed by atoms with Gasteiger partial charge in [0.1, 0.15) is 0 Å². The lowest BCUT2D eigenvalue weighted by Crippen LogP contribution is -2.43. The van der Waals surface area contributed by atoms with Crippen molar-refractivity contribution >= 4 is 0 Å². The van der Waals surface area contributed by atoms with Gasteiger partial charge in [-0.25, -0.2) is 0 Å². The van der Waals surface area contributed by atoms with Gasteiger partial charge in [-0.05, 0) is 25.7 Å². The van der Waals surface area contributed by atoms with Crippen LogP contribution in [0.15, 0.2) is 0 Å². The van der Waals surface area contributed by atoms with Crippen LogP contribution in [-0.2, 0) is 0 Å². The Morgan fingerprint density at radius 2 is 2.33 bits per heavy atom. The molecule has 1 aliphatic carbocycles. The molecule has 1 saturated carbocycles. The lowest BCUT2D eigenvalue weighted by molar-refractivity contribution is 0.00103. The van der Waals surface area contributed by atoms with E-state index in [9.17, 15) is 5.11 Å². The Kier molecular flexibility index (Phi) is 3.13. The largest absolute Gasteiger partial charge is 0.393 e. The van der Waals surface area contributed by atoms with Crippen molar-refractivity contribution in [1.29, 1.82) is 0 Å². The predicted molar refractivity (Wildman–Crippen MR) is 50.8 cm³/mol. The molecule has 1 fully saturated rings. The molecule has 0 radical (unpaired) electrons. The second-order valence-electron chi connectivity index (χ2n) is 4.44. The van der Waals surface area contributed by atoms with Crippen molar-refractivity contribution in [2.45, 2.75) is 45.6 Å². The standard InChI is InChI=1S/C10H21NO/c1-8-4-3-5-10(6-8,7-11)9(2)12/h8-9,12H,3-7,11H2,1-2H3. The maximum Gasteiger partial charge on any atom is 0.0580 e. The van der Waals surface area contributed by atoms with Crippen LogP contribution in [-0.4, -0.2) is 17.8 Å². The van der Waals surface area contributed by atoms with E-state index in [1.54, 1.807) is 0 Å². The lowest BCUT2D eigenvalue weighted by atomic mass is 9.67. The summed E-state index contributed by atoms with van der Waals surface area (Å²) in [4.78, 5) is 0. The summed E-state index contributed by atoms with van der Waals surface area (Å²) < 4.78 is 0. The zero-order valence-corrected chi connectivity index (χ0v) is 8.21. The molecule has 0 aromatic heterocycles. The molecule has 1 aliphatic rings. The van der Waals surface area contributed by atoms with Gasteiger partial charge in [-0.2, -0.15) is 0 Å². The minimum Gasteiger partial charge on any atom is -0.393 e. The smallest absolute Gasteiger partial charge is 0.0580 e. The fourth-order valence-corrected chi connectivity index (χ4v) is 2.44. The van der Waals surface area contributed by atoms with E-state index >= 15 is 0 Å². The van der Waals surface area contributed by atoms with Crippen LogP contribution < -0.4 is 5.73 Å². The van der Waals surface area contributed by atoms with Crippen molar-refractivity contribution in [3.8, 4) is 0 Å². The molecule has 0 bridgehead atoms. The Bertz CT molecular complexity index is 147. The first-order valence-electron chi connectivity index (χ1n) is 4.99. The van der Waals surface area contributed by atoms with Crippen LogP contribution in [0, 0.1) is 11.3 Å². The van der Waals surface area contributed by atoms with Crippen molar-refractivity contribution in [2.24, 2.45) is 17.1 Å². The summed E-state index contributed by atoms with van der Waals surface area (Å²) >= 11 is 0. The number of aliphatic hydroxyl groups excluding tert-OH is 1. The number of hydrogen-bond acceptors (Lipinski definition) is 2. The highest BCUT2D eigenvalue weighted by Gasteiger charge is 2.37. The number of nitrogens with two attached hydrogens (primary N) is 1. The summed E-state index contributed by atoms with van der Waals surface area (Å²) in [5.74, 6) is 0.733. The molecule has 2 nitrogen and oxygen atoms in total. The molecule has 0 spiro atoms. The van der Waals surface area contributed by atoms with Gasteiger partial charge >= 0.3 is 0 Å². The van der Waals surface area contributed by atoms with Crippen LogP contribution in [0.2, 0.25) is 0 Å². The molecule has 0 saturated heterocycles. The third-order valence-corrected chi connectivity index (χ3v) is 3.42. The Labute approximate surface area is 75.2 Å². The van der Waals surface area contributed by atoms with Crippen LogP contribution >= 0.6 is 0 Å². The second-order valence-corrected chi connectivity index (χ2v) is 4.44. The fraction of sp³-hybridized carbons (Fsp3) is 1.00. The van der Waals surface area contributed by atoms with Gasteiger partial charge in [0.2, 0.25) is 0 Å². The van der Waals surface area contributed by atoms with Gasteiger partial charge in [0, 0.05) is 12.0 Å². The first-order valence-corrected chi connectivity index (χ1v) is 4.99. The van der Waals surface area contributed by atoms with E-state index in [1.165, 1.54) is 12.8 Å². The van der Waals surface area contributed by atoms with Gasteiger partial charge in [-0.1, -0.05) is 19.8 Å². The van der Waals surface area contributed by atoms with Crippen molar-refractivity contribution < 1.29 is 5.11 Å². The highest BCUT2D eigenvalue weighted by molar-refractivity contribution is 4.89. The van der Waals surface area contributed by atoms with Gasteiger partial charge < -0.3 is 10.8 Å². The summed E-state index contributed by atoms with van der Waals surface area (Å²) in [6.45, 7) is 4.77. The topological polar surface area (TPSA) is 46.2 Å². The highest BCUT2D eigenvalue weighted by Crippen LogP contribution is 2.40. The van der Waals surface area contributed by atoms with E-state index in [2.05, 4.69) is 6.92 Å². The summed E-state index contributed by atoms with van der Waals surface area (Å²) in [7, 11) is 0. The molecule has 3 atom stereocenters. The lowest BCUT2D eigenvalue weighted by Gasteiger charge is -2.41. The van der Waals surface area contributed by atoms with Crippen LogP contribution in [0.3, 0.4) is 0 Å². The molecule has 1 rings (SSSR count).